The van der Waals surface area contributed by atoms with Crippen molar-refractivity contribution in [2.24, 2.45) is 0 Å². The Morgan fingerprint density at radius 1 is 1.19 bits per heavy atom. The lowest BCUT2D eigenvalue weighted by Gasteiger charge is -2.15. The quantitative estimate of drug-likeness (QED) is 0.885. The Morgan fingerprint density at radius 2 is 1.95 bits per heavy atom. The maximum Gasteiger partial charge on any atom is 0.335 e. The normalized spacial score (nSPS) is 10.7. The van der Waals surface area contributed by atoms with E-state index < -0.39 is 5.97 Å². The van der Waals surface area contributed by atoms with Crippen LogP contribution in [0.5, 0.6) is 5.75 Å². The van der Waals surface area contributed by atoms with Gasteiger partial charge in [0.1, 0.15) is 12.4 Å². The summed E-state index contributed by atoms with van der Waals surface area (Å²) in [7, 11) is 0. The number of carboxylic acid groups (broad SMARTS) is 1. The van der Waals surface area contributed by atoms with Crippen molar-refractivity contribution in [1.29, 1.82) is 0 Å². The molecule has 0 amide bonds. The largest absolute Gasteiger partial charge is 0.489 e. The molecule has 2 aromatic carbocycles. The number of hydrogen-bond acceptors (Lipinski definition) is 2. The first-order valence-corrected chi connectivity index (χ1v) is 7.03. The molecule has 110 valence electrons. The minimum absolute atomic E-state index is 0.282. The molecule has 0 saturated heterocycles. The van der Waals surface area contributed by atoms with E-state index in [1.165, 1.54) is 0 Å². The van der Waals surface area contributed by atoms with Crippen molar-refractivity contribution in [2.75, 3.05) is 0 Å². The number of carbonyl (C=O) groups is 1. The molecule has 3 nitrogen and oxygen atoms in total. The molecule has 0 spiro atoms. The van der Waals surface area contributed by atoms with Crippen LogP contribution in [0.4, 0.5) is 0 Å². The van der Waals surface area contributed by atoms with Crippen LogP contribution in [0.2, 0.25) is 0 Å². The second kappa shape index (κ2) is 6.44. The summed E-state index contributed by atoms with van der Waals surface area (Å²) in [5.74, 6) is 0.326. The van der Waals surface area contributed by atoms with E-state index in [1.807, 2.05) is 19.1 Å². The molecule has 0 fully saturated rings. The Morgan fingerprint density at radius 3 is 2.62 bits per heavy atom. The van der Waals surface area contributed by atoms with Crippen molar-refractivity contribution >= 4 is 5.97 Å². The third-order valence-corrected chi connectivity index (χ3v) is 3.36. The highest BCUT2D eigenvalue weighted by Crippen LogP contribution is 2.28. The van der Waals surface area contributed by atoms with Crippen molar-refractivity contribution in [1.82, 2.24) is 0 Å². The summed E-state index contributed by atoms with van der Waals surface area (Å²) in [6.45, 7) is 6.65. The van der Waals surface area contributed by atoms with Crippen LogP contribution in [0.15, 0.2) is 42.5 Å². The minimum Gasteiger partial charge on any atom is -0.489 e. The maximum atomic E-state index is 11.0. The zero-order valence-corrected chi connectivity index (χ0v) is 12.6. The fraction of sp³-hybridized carbons (Fsp3) is 0.278. The maximum absolute atomic E-state index is 11.0. The van der Waals surface area contributed by atoms with E-state index >= 15 is 0 Å². The Balaban J connectivity index is 2.18. The van der Waals surface area contributed by atoms with Crippen molar-refractivity contribution in [3.63, 3.8) is 0 Å². The number of benzene rings is 2. The summed E-state index contributed by atoms with van der Waals surface area (Å²) >= 11 is 0. The first kappa shape index (κ1) is 15.1. The lowest BCUT2D eigenvalue weighted by atomic mass is 10.0. The van der Waals surface area contributed by atoms with Gasteiger partial charge < -0.3 is 9.84 Å². The molecule has 0 aliphatic heterocycles. The lowest BCUT2D eigenvalue weighted by molar-refractivity contribution is 0.0696. The summed E-state index contributed by atoms with van der Waals surface area (Å²) in [4.78, 5) is 11.0. The van der Waals surface area contributed by atoms with E-state index in [1.54, 1.807) is 18.2 Å². The van der Waals surface area contributed by atoms with Crippen LogP contribution in [0.1, 0.15) is 46.8 Å². The average Bonchev–Trinajstić information content (AvgIpc) is 2.45. The van der Waals surface area contributed by atoms with Crippen LogP contribution >= 0.6 is 0 Å². The third kappa shape index (κ3) is 3.85. The third-order valence-electron chi connectivity index (χ3n) is 3.36. The number of ether oxygens (including phenoxy) is 1. The molecule has 0 atom stereocenters. The zero-order chi connectivity index (χ0) is 15.4. The summed E-state index contributed by atoms with van der Waals surface area (Å²) in [5.41, 5.74) is 3.44. The second-order valence-electron chi connectivity index (χ2n) is 5.49. The zero-order valence-electron chi connectivity index (χ0n) is 12.6. The van der Waals surface area contributed by atoms with Crippen LogP contribution < -0.4 is 4.74 Å². The van der Waals surface area contributed by atoms with E-state index in [-0.39, 0.29) is 5.56 Å². The smallest absolute Gasteiger partial charge is 0.335 e. The molecule has 1 N–H and O–H groups in total. The Labute approximate surface area is 125 Å². The highest BCUT2D eigenvalue weighted by Gasteiger charge is 2.09. The van der Waals surface area contributed by atoms with Gasteiger partial charge in [0.15, 0.2) is 0 Å². The summed E-state index contributed by atoms with van der Waals surface area (Å²) in [6, 6.07) is 13.0. The number of aryl methyl sites for hydroxylation is 1. The van der Waals surface area contributed by atoms with E-state index in [0.717, 1.165) is 22.4 Å². The molecule has 0 heterocycles. The Kier molecular flexibility index (Phi) is 4.63. The number of carboxylic acids is 1. The van der Waals surface area contributed by atoms with Gasteiger partial charge in [-0.25, -0.2) is 4.79 Å². The van der Waals surface area contributed by atoms with E-state index in [4.69, 9.17) is 9.84 Å². The minimum atomic E-state index is -0.921. The van der Waals surface area contributed by atoms with Gasteiger partial charge in [-0.2, -0.15) is 0 Å². The first-order valence-electron chi connectivity index (χ1n) is 7.03. The molecule has 2 rings (SSSR count). The number of hydrogen-bond donors (Lipinski definition) is 1. The van der Waals surface area contributed by atoms with E-state index in [9.17, 15) is 4.79 Å². The molecule has 0 aromatic heterocycles. The van der Waals surface area contributed by atoms with Crippen LogP contribution in [0, 0.1) is 6.92 Å². The van der Waals surface area contributed by atoms with E-state index in [0.29, 0.717) is 12.5 Å². The van der Waals surface area contributed by atoms with Gasteiger partial charge in [0, 0.05) is 0 Å². The molecule has 3 heteroatoms. The molecule has 0 aliphatic carbocycles. The van der Waals surface area contributed by atoms with Gasteiger partial charge in [0.25, 0.3) is 0 Å². The van der Waals surface area contributed by atoms with Crippen molar-refractivity contribution in [3.05, 3.63) is 64.7 Å². The van der Waals surface area contributed by atoms with Gasteiger partial charge in [-0.05, 0) is 47.7 Å². The van der Waals surface area contributed by atoms with Crippen LogP contribution in [-0.4, -0.2) is 11.1 Å². The number of rotatable bonds is 5. The van der Waals surface area contributed by atoms with Gasteiger partial charge in [-0.15, -0.1) is 0 Å². The lowest BCUT2D eigenvalue weighted by Crippen LogP contribution is -2.02. The summed E-state index contributed by atoms with van der Waals surface area (Å²) in [5, 5.41) is 9.01. The molecule has 0 aliphatic rings. The SMILES string of the molecule is Cc1ccc(C(C)C)c(OCc2cccc(C(=O)O)c2)c1. The predicted molar refractivity (Wildman–Crippen MR) is 83.0 cm³/mol. The Hall–Kier alpha value is -2.29. The molecule has 0 bridgehead atoms. The standard InChI is InChI=1S/C18H20O3/c1-12(2)16-8-7-13(3)9-17(16)21-11-14-5-4-6-15(10-14)18(19)20/h4-10,12H,11H2,1-3H3,(H,19,20). The molecule has 0 radical (unpaired) electrons. The molecular weight excluding hydrogens is 264 g/mol. The van der Waals surface area contributed by atoms with Gasteiger partial charge in [-0.3, -0.25) is 0 Å². The topological polar surface area (TPSA) is 46.5 Å². The van der Waals surface area contributed by atoms with Crippen molar-refractivity contribution in [3.8, 4) is 5.75 Å². The highest BCUT2D eigenvalue weighted by atomic mass is 16.5. The fourth-order valence-electron chi connectivity index (χ4n) is 2.20. The van der Waals surface area contributed by atoms with Crippen molar-refractivity contribution < 1.29 is 14.6 Å². The van der Waals surface area contributed by atoms with Gasteiger partial charge in [-0.1, -0.05) is 38.1 Å². The predicted octanol–water partition coefficient (Wildman–Crippen LogP) is 4.40. The van der Waals surface area contributed by atoms with Gasteiger partial charge in [0.05, 0.1) is 5.56 Å². The Bertz CT molecular complexity index is 645. The van der Waals surface area contributed by atoms with Crippen LogP contribution in [-0.2, 0) is 6.61 Å². The average molecular weight is 284 g/mol. The van der Waals surface area contributed by atoms with Crippen molar-refractivity contribution in [2.45, 2.75) is 33.3 Å². The van der Waals surface area contributed by atoms with Crippen LogP contribution in [0.25, 0.3) is 0 Å². The monoisotopic (exact) mass is 284 g/mol. The molecule has 0 saturated carbocycles. The highest BCUT2D eigenvalue weighted by molar-refractivity contribution is 5.87. The van der Waals surface area contributed by atoms with Gasteiger partial charge >= 0.3 is 5.97 Å². The van der Waals surface area contributed by atoms with Crippen LogP contribution in [0.3, 0.4) is 0 Å². The molecule has 0 unspecified atom stereocenters. The van der Waals surface area contributed by atoms with E-state index in [2.05, 4.69) is 26.0 Å². The second-order valence-corrected chi connectivity index (χ2v) is 5.49. The molecule has 21 heavy (non-hydrogen) atoms. The molecular formula is C18H20O3. The number of aromatic carboxylic acids is 1. The fourth-order valence-corrected chi connectivity index (χ4v) is 2.20. The molecule has 2 aromatic rings. The summed E-state index contributed by atoms with van der Waals surface area (Å²) in [6.07, 6.45) is 0. The van der Waals surface area contributed by atoms with Gasteiger partial charge in [0.2, 0.25) is 0 Å². The first-order chi connectivity index (χ1) is 9.97. The summed E-state index contributed by atoms with van der Waals surface area (Å²) < 4.78 is 5.91.